The number of ether oxygens (including phenoxy) is 1. The van der Waals surface area contributed by atoms with E-state index < -0.39 is 0 Å². The molecule has 0 aromatic carbocycles. The van der Waals surface area contributed by atoms with Gasteiger partial charge in [0.1, 0.15) is 6.54 Å². The lowest BCUT2D eigenvalue weighted by Crippen LogP contribution is -2.48. The number of amides is 1. The van der Waals surface area contributed by atoms with Crippen molar-refractivity contribution in [1.29, 1.82) is 0 Å². The van der Waals surface area contributed by atoms with Gasteiger partial charge in [-0.25, -0.2) is 0 Å². The number of aliphatic hydroxyl groups is 1. The summed E-state index contributed by atoms with van der Waals surface area (Å²) >= 11 is 0. The molecule has 2 aliphatic heterocycles. The van der Waals surface area contributed by atoms with Gasteiger partial charge in [-0.1, -0.05) is 0 Å². The average Bonchev–Trinajstić information content (AvgIpc) is 3.03. The molecule has 2 atom stereocenters. The van der Waals surface area contributed by atoms with Crippen LogP contribution < -0.4 is 0 Å². The summed E-state index contributed by atoms with van der Waals surface area (Å²) in [5.41, 5.74) is 0. The highest BCUT2D eigenvalue weighted by molar-refractivity contribution is 5.75. The largest absolute Gasteiger partial charge is 0.391 e. The Kier molecular flexibility index (Phi) is 5.86. The van der Waals surface area contributed by atoms with Crippen molar-refractivity contribution in [2.45, 2.75) is 50.4 Å². The number of carbonyl (C=O) groups is 1. The second kappa shape index (κ2) is 8.09. The van der Waals surface area contributed by atoms with Crippen molar-refractivity contribution in [3.63, 3.8) is 0 Å². The van der Waals surface area contributed by atoms with Crippen LogP contribution in [0.1, 0.15) is 25.7 Å². The van der Waals surface area contributed by atoms with E-state index in [1.807, 2.05) is 11.0 Å². The molecular formula is C17H28N4O3. The molecule has 1 aromatic heterocycles. The summed E-state index contributed by atoms with van der Waals surface area (Å²) < 4.78 is 7.08. The Labute approximate surface area is 143 Å². The molecule has 24 heavy (non-hydrogen) atoms. The molecule has 0 radical (unpaired) electrons. The summed E-state index contributed by atoms with van der Waals surface area (Å²) in [4.78, 5) is 16.6. The van der Waals surface area contributed by atoms with Crippen LogP contribution in [0.2, 0.25) is 0 Å². The Morgan fingerprint density at radius 2 is 2.04 bits per heavy atom. The molecule has 1 N–H and O–H groups in total. The van der Waals surface area contributed by atoms with Crippen molar-refractivity contribution in [1.82, 2.24) is 19.6 Å². The third-order valence-electron chi connectivity index (χ3n) is 5.33. The second-order valence-corrected chi connectivity index (χ2v) is 6.81. The van der Waals surface area contributed by atoms with Crippen LogP contribution in [0.15, 0.2) is 18.5 Å². The number of hydrogen-bond donors (Lipinski definition) is 1. The summed E-state index contributed by atoms with van der Waals surface area (Å²) in [5, 5.41) is 14.7. The lowest BCUT2D eigenvalue weighted by Gasteiger charge is -2.38. The van der Waals surface area contributed by atoms with Gasteiger partial charge in [0.25, 0.3) is 0 Å². The molecule has 0 saturated carbocycles. The van der Waals surface area contributed by atoms with E-state index in [4.69, 9.17) is 4.74 Å². The normalized spacial score (nSPS) is 26.5. The summed E-state index contributed by atoms with van der Waals surface area (Å²) in [5.74, 6) is 0.0697. The standard InChI is InChI=1S/C17H28N4O3/c1-19(14-5-11-24-12-6-14)15-3-9-20(10-4-16(15)22)17(23)13-21-8-2-7-18-21/h2,7-8,14-16,22H,3-6,9-13H2,1H3/t15-,16-/m0/s1. The first kappa shape index (κ1) is 17.4. The minimum absolute atomic E-state index is 0.0697. The second-order valence-electron chi connectivity index (χ2n) is 6.81. The van der Waals surface area contributed by atoms with Crippen LogP contribution in [0.25, 0.3) is 0 Å². The highest BCUT2D eigenvalue weighted by atomic mass is 16.5. The molecule has 2 saturated heterocycles. The molecule has 0 unspecified atom stereocenters. The Hall–Kier alpha value is -1.44. The Morgan fingerprint density at radius 1 is 1.29 bits per heavy atom. The SMILES string of the molecule is CN(C1CCOCC1)[C@H]1CCN(C(=O)Cn2cccn2)CC[C@@H]1O. The molecule has 2 aliphatic rings. The first-order chi connectivity index (χ1) is 11.6. The predicted molar refractivity (Wildman–Crippen MR) is 89.4 cm³/mol. The van der Waals surface area contributed by atoms with Crippen LogP contribution in [-0.2, 0) is 16.1 Å². The van der Waals surface area contributed by atoms with Crippen molar-refractivity contribution >= 4 is 5.91 Å². The third-order valence-corrected chi connectivity index (χ3v) is 5.33. The fourth-order valence-electron chi connectivity index (χ4n) is 3.79. The van der Waals surface area contributed by atoms with E-state index in [1.165, 1.54) is 0 Å². The van der Waals surface area contributed by atoms with Crippen LogP contribution >= 0.6 is 0 Å². The van der Waals surface area contributed by atoms with Gasteiger partial charge < -0.3 is 14.7 Å². The number of nitrogens with zero attached hydrogens (tertiary/aromatic N) is 4. The number of aromatic nitrogens is 2. The molecule has 3 rings (SSSR count). The molecule has 2 fully saturated rings. The van der Waals surface area contributed by atoms with E-state index in [-0.39, 0.29) is 24.6 Å². The smallest absolute Gasteiger partial charge is 0.244 e. The fraction of sp³-hybridized carbons (Fsp3) is 0.765. The highest BCUT2D eigenvalue weighted by Gasteiger charge is 2.33. The van der Waals surface area contributed by atoms with Crippen LogP contribution in [0.5, 0.6) is 0 Å². The topological polar surface area (TPSA) is 70.8 Å². The minimum atomic E-state index is -0.389. The number of likely N-dealkylation sites (tertiary alicyclic amines) is 1. The van der Waals surface area contributed by atoms with E-state index in [0.717, 1.165) is 32.5 Å². The van der Waals surface area contributed by atoms with Gasteiger partial charge in [0.05, 0.1) is 6.10 Å². The quantitative estimate of drug-likeness (QED) is 0.859. The lowest BCUT2D eigenvalue weighted by molar-refractivity contribution is -0.132. The maximum Gasteiger partial charge on any atom is 0.244 e. The van der Waals surface area contributed by atoms with E-state index in [9.17, 15) is 9.90 Å². The summed E-state index contributed by atoms with van der Waals surface area (Å²) in [6.07, 6.45) is 6.55. The van der Waals surface area contributed by atoms with Gasteiger partial charge in [0.2, 0.25) is 5.91 Å². The van der Waals surface area contributed by atoms with Crippen molar-refractivity contribution in [3.05, 3.63) is 18.5 Å². The van der Waals surface area contributed by atoms with Gasteiger partial charge in [0.15, 0.2) is 0 Å². The van der Waals surface area contributed by atoms with E-state index in [1.54, 1.807) is 17.1 Å². The summed E-state index contributed by atoms with van der Waals surface area (Å²) in [6, 6.07) is 2.39. The van der Waals surface area contributed by atoms with Crippen molar-refractivity contribution in [2.75, 3.05) is 33.4 Å². The van der Waals surface area contributed by atoms with E-state index in [2.05, 4.69) is 17.0 Å². The van der Waals surface area contributed by atoms with Gasteiger partial charge in [-0.15, -0.1) is 0 Å². The average molecular weight is 336 g/mol. The molecule has 0 aliphatic carbocycles. The van der Waals surface area contributed by atoms with E-state index in [0.29, 0.717) is 25.6 Å². The molecule has 134 valence electrons. The van der Waals surface area contributed by atoms with Crippen molar-refractivity contribution in [3.8, 4) is 0 Å². The lowest BCUT2D eigenvalue weighted by atomic mass is 9.99. The van der Waals surface area contributed by atoms with Crippen LogP contribution in [0, 0.1) is 0 Å². The van der Waals surface area contributed by atoms with Crippen LogP contribution in [0.4, 0.5) is 0 Å². The molecule has 1 amide bonds. The summed E-state index contributed by atoms with van der Waals surface area (Å²) in [6.45, 7) is 3.16. The number of aliphatic hydroxyl groups excluding tert-OH is 1. The first-order valence-corrected chi connectivity index (χ1v) is 8.88. The van der Waals surface area contributed by atoms with Gasteiger partial charge >= 0.3 is 0 Å². The maximum atomic E-state index is 12.5. The van der Waals surface area contributed by atoms with Crippen LogP contribution in [-0.4, -0.2) is 82.1 Å². The zero-order chi connectivity index (χ0) is 16.9. The molecule has 7 heteroatoms. The van der Waals surface area contributed by atoms with Crippen molar-refractivity contribution < 1.29 is 14.6 Å². The molecule has 1 aromatic rings. The van der Waals surface area contributed by atoms with Gasteiger partial charge in [-0.3, -0.25) is 14.4 Å². The predicted octanol–water partition coefficient (Wildman–Crippen LogP) is 0.346. The minimum Gasteiger partial charge on any atom is -0.391 e. The molecule has 0 bridgehead atoms. The number of likely N-dealkylation sites (N-methyl/N-ethyl adjacent to an activating group) is 1. The maximum absolute atomic E-state index is 12.5. The highest BCUT2D eigenvalue weighted by Crippen LogP contribution is 2.23. The number of rotatable bonds is 4. The van der Waals surface area contributed by atoms with Gasteiger partial charge in [-0.05, 0) is 38.8 Å². The summed E-state index contributed by atoms with van der Waals surface area (Å²) in [7, 11) is 2.10. The Morgan fingerprint density at radius 3 is 2.75 bits per heavy atom. The fourth-order valence-corrected chi connectivity index (χ4v) is 3.79. The number of carbonyl (C=O) groups excluding carboxylic acids is 1. The zero-order valence-corrected chi connectivity index (χ0v) is 14.4. The molecule has 3 heterocycles. The molecule has 0 spiro atoms. The first-order valence-electron chi connectivity index (χ1n) is 8.88. The zero-order valence-electron chi connectivity index (χ0n) is 14.4. The number of hydrogen-bond acceptors (Lipinski definition) is 5. The Bertz CT molecular complexity index is 516. The molecule has 7 nitrogen and oxygen atoms in total. The third kappa shape index (κ3) is 4.15. The Balaban J connectivity index is 1.57. The van der Waals surface area contributed by atoms with Gasteiger partial charge in [-0.2, -0.15) is 5.10 Å². The van der Waals surface area contributed by atoms with Crippen LogP contribution in [0.3, 0.4) is 0 Å². The van der Waals surface area contributed by atoms with Gasteiger partial charge in [0, 0.05) is 50.8 Å². The van der Waals surface area contributed by atoms with E-state index >= 15 is 0 Å². The van der Waals surface area contributed by atoms with Crippen molar-refractivity contribution in [2.24, 2.45) is 0 Å². The molecular weight excluding hydrogens is 308 g/mol. The monoisotopic (exact) mass is 336 g/mol.